The normalized spacial score (nSPS) is 14.0. The molecule has 2 aromatic rings. The molecule has 1 aliphatic rings. The molecule has 2 aromatic carbocycles. The van der Waals surface area contributed by atoms with E-state index in [9.17, 15) is 14.7 Å². The lowest BCUT2D eigenvalue weighted by atomic mass is 10.1. The van der Waals surface area contributed by atoms with Crippen molar-refractivity contribution in [1.29, 1.82) is 0 Å². The predicted octanol–water partition coefficient (Wildman–Crippen LogP) is 2.55. The Hall–Kier alpha value is -3.48. The number of aliphatic hydroxyl groups is 1. The van der Waals surface area contributed by atoms with E-state index in [0.717, 1.165) is 4.90 Å². The van der Waals surface area contributed by atoms with E-state index in [1.165, 1.54) is 27.4 Å². The first-order chi connectivity index (χ1) is 12.5. The maximum atomic E-state index is 12.8. The smallest absolute Gasteiger partial charge is 0.301 e. The van der Waals surface area contributed by atoms with Crippen LogP contribution >= 0.6 is 0 Å². The Labute approximate surface area is 150 Å². The minimum atomic E-state index is -0.798. The van der Waals surface area contributed by atoms with E-state index in [4.69, 9.17) is 14.2 Å². The zero-order valence-corrected chi connectivity index (χ0v) is 14.5. The number of anilines is 1. The number of nitrogens with zero attached hydrogens (tertiary/aromatic N) is 1. The Bertz CT molecular complexity index is 901. The van der Waals surface area contributed by atoms with E-state index in [1.807, 2.05) is 0 Å². The maximum absolute atomic E-state index is 12.8. The molecule has 1 heterocycles. The van der Waals surface area contributed by atoms with Crippen molar-refractivity contribution in [2.45, 2.75) is 0 Å². The summed E-state index contributed by atoms with van der Waals surface area (Å²) in [5.74, 6) is -0.596. The Morgan fingerprint density at radius 1 is 0.808 bits per heavy atom. The summed E-state index contributed by atoms with van der Waals surface area (Å²) in [7, 11) is 4.46. The van der Waals surface area contributed by atoms with Crippen LogP contribution in [-0.4, -0.2) is 38.3 Å². The number of hydrogen-bond acceptors (Lipinski definition) is 6. The van der Waals surface area contributed by atoms with E-state index in [-0.39, 0.29) is 11.3 Å². The molecule has 134 valence electrons. The van der Waals surface area contributed by atoms with Crippen LogP contribution in [0.15, 0.2) is 48.2 Å². The zero-order valence-electron chi connectivity index (χ0n) is 14.5. The van der Waals surface area contributed by atoms with Gasteiger partial charge in [-0.2, -0.15) is 0 Å². The number of aliphatic hydroxyl groups excluding tert-OH is 1. The lowest BCUT2D eigenvalue weighted by Gasteiger charge is -2.17. The first kappa shape index (κ1) is 17.3. The third-order valence-electron chi connectivity index (χ3n) is 4.06. The summed E-state index contributed by atoms with van der Waals surface area (Å²) in [6, 6.07) is 11.1. The minimum absolute atomic E-state index is 0.0626. The van der Waals surface area contributed by atoms with Gasteiger partial charge in [0.2, 0.25) is 0 Å². The van der Waals surface area contributed by atoms with Crippen molar-refractivity contribution in [3.8, 4) is 17.2 Å². The highest BCUT2D eigenvalue weighted by Crippen LogP contribution is 2.36. The Morgan fingerprint density at radius 2 is 1.46 bits per heavy atom. The Kier molecular flexibility index (Phi) is 4.53. The van der Waals surface area contributed by atoms with Crippen molar-refractivity contribution in [2.24, 2.45) is 0 Å². The summed E-state index contributed by atoms with van der Waals surface area (Å²) in [5, 5.41) is 10.2. The number of benzene rings is 2. The second-order valence-electron chi connectivity index (χ2n) is 5.44. The number of carbonyl (C=O) groups is 2. The highest BCUT2D eigenvalue weighted by molar-refractivity contribution is 6.44. The van der Waals surface area contributed by atoms with Gasteiger partial charge in [0, 0.05) is 6.07 Å². The average Bonchev–Trinajstić information content (AvgIpc) is 2.90. The van der Waals surface area contributed by atoms with Gasteiger partial charge in [0.25, 0.3) is 5.91 Å². The summed E-state index contributed by atoms with van der Waals surface area (Å²) in [5.41, 5.74) is 0.629. The van der Waals surface area contributed by atoms with Gasteiger partial charge in [-0.05, 0) is 29.8 Å². The van der Waals surface area contributed by atoms with Crippen molar-refractivity contribution in [1.82, 2.24) is 0 Å². The predicted molar refractivity (Wildman–Crippen MR) is 94.6 cm³/mol. The molecule has 0 saturated carbocycles. The molecule has 2 amide bonds. The van der Waals surface area contributed by atoms with Crippen LogP contribution in [0.25, 0.3) is 5.57 Å². The van der Waals surface area contributed by atoms with E-state index in [1.54, 1.807) is 36.4 Å². The van der Waals surface area contributed by atoms with Crippen molar-refractivity contribution >= 4 is 23.1 Å². The number of hydrogen-bond donors (Lipinski definition) is 1. The van der Waals surface area contributed by atoms with Gasteiger partial charge < -0.3 is 19.3 Å². The largest absolute Gasteiger partial charge is 0.502 e. The van der Waals surface area contributed by atoms with E-state index in [0.29, 0.717) is 22.8 Å². The second kappa shape index (κ2) is 6.79. The second-order valence-corrected chi connectivity index (χ2v) is 5.44. The van der Waals surface area contributed by atoms with Crippen LogP contribution in [0.3, 0.4) is 0 Å². The number of methoxy groups -OCH3 is 3. The van der Waals surface area contributed by atoms with Gasteiger partial charge in [0.1, 0.15) is 5.75 Å². The molecular formula is C19H17NO6. The van der Waals surface area contributed by atoms with Crippen LogP contribution < -0.4 is 19.1 Å². The van der Waals surface area contributed by atoms with E-state index < -0.39 is 17.6 Å². The molecule has 0 radical (unpaired) electrons. The van der Waals surface area contributed by atoms with Gasteiger partial charge in [0.15, 0.2) is 17.3 Å². The molecule has 0 atom stereocenters. The molecular weight excluding hydrogens is 338 g/mol. The highest BCUT2D eigenvalue weighted by Gasteiger charge is 2.40. The fourth-order valence-electron chi connectivity index (χ4n) is 2.73. The SMILES string of the molecule is COc1ccc(C2=C(O)C(=O)N(c3ccc(OC)c(OC)c3)C2=O)cc1. The number of ether oxygens (including phenoxy) is 3. The maximum Gasteiger partial charge on any atom is 0.301 e. The van der Waals surface area contributed by atoms with E-state index in [2.05, 4.69) is 0 Å². The molecule has 0 fully saturated rings. The van der Waals surface area contributed by atoms with Crippen LogP contribution in [0.4, 0.5) is 5.69 Å². The van der Waals surface area contributed by atoms with Crippen LogP contribution in [0.1, 0.15) is 5.56 Å². The van der Waals surface area contributed by atoms with Gasteiger partial charge in [-0.1, -0.05) is 12.1 Å². The molecule has 0 aromatic heterocycles. The molecule has 0 bridgehead atoms. The van der Waals surface area contributed by atoms with Crippen molar-refractivity contribution in [3.05, 3.63) is 53.8 Å². The Balaban J connectivity index is 2.00. The molecule has 1 aliphatic heterocycles. The van der Waals surface area contributed by atoms with Gasteiger partial charge >= 0.3 is 5.91 Å². The number of rotatable bonds is 5. The molecule has 0 spiro atoms. The molecule has 3 rings (SSSR count). The molecule has 0 saturated heterocycles. The molecule has 0 unspecified atom stereocenters. The van der Waals surface area contributed by atoms with Crippen molar-refractivity contribution < 1.29 is 28.9 Å². The molecule has 1 N–H and O–H groups in total. The molecule has 7 heteroatoms. The Morgan fingerprint density at radius 3 is 2.04 bits per heavy atom. The summed E-state index contributed by atoms with van der Waals surface area (Å²) < 4.78 is 15.4. The van der Waals surface area contributed by atoms with Crippen molar-refractivity contribution in [3.63, 3.8) is 0 Å². The average molecular weight is 355 g/mol. The van der Waals surface area contributed by atoms with Gasteiger partial charge in [-0.3, -0.25) is 9.59 Å². The van der Waals surface area contributed by atoms with Gasteiger partial charge in [-0.15, -0.1) is 0 Å². The zero-order chi connectivity index (χ0) is 18.8. The minimum Gasteiger partial charge on any atom is -0.502 e. The monoisotopic (exact) mass is 355 g/mol. The molecule has 0 aliphatic carbocycles. The standard InChI is InChI=1S/C19H17NO6/c1-24-13-7-4-11(5-8-13)16-17(21)19(23)20(18(16)22)12-6-9-14(25-2)15(10-12)26-3/h4-10,21H,1-3H3. The summed E-state index contributed by atoms with van der Waals surface area (Å²) >= 11 is 0. The van der Waals surface area contributed by atoms with Crippen LogP contribution in [0.2, 0.25) is 0 Å². The number of carbonyl (C=O) groups excluding carboxylic acids is 2. The summed E-state index contributed by atoms with van der Waals surface area (Å²) in [6.45, 7) is 0. The van der Waals surface area contributed by atoms with E-state index >= 15 is 0 Å². The first-order valence-corrected chi connectivity index (χ1v) is 7.70. The number of amides is 2. The molecule has 7 nitrogen and oxygen atoms in total. The summed E-state index contributed by atoms with van der Waals surface area (Å²) in [6.07, 6.45) is 0. The quantitative estimate of drug-likeness (QED) is 0.830. The first-order valence-electron chi connectivity index (χ1n) is 7.70. The third kappa shape index (κ3) is 2.73. The molecule has 26 heavy (non-hydrogen) atoms. The topological polar surface area (TPSA) is 85.3 Å². The fraction of sp³-hybridized carbons (Fsp3) is 0.158. The van der Waals surface area contributed by atoms with Crippen LogP contribution in [0.5, 0.6) is 17.2 Å². The van der Waals surface area contributed by atoms with Crippen molar-refractivity contribution in [2.75, 3.05) is 26.2 Å². The summed E-state index contributed by atoms with van der Waals surface area (Å²) in [4.78, 5) is 26.2. The highest BCUT2D eigenvalue weighted by atomic mass is 16.5. The lowest BCUT2D eigenvalue weighted by Crippen LogP contribution is -2.31. The van der Waals surface area contributed by atoms with Gasteiger partial charge in [0.05, 0.1) is 32.6 Å². The third-order valence-corrected chi connectivity index (χ3v) is 4.06. The van der Waals surface area contributed by atoms with Crippen LogP contribution in [0, 0.1) is 0 Å². The lowest BCUT2D eigenvalue weighted by molar-refractivity contribution is -0.121. The number of imide groups is 1. The fourth-order valence-corrected chi connectivity index (χ4v) is 2.73. The van der Waals surface area contributed by atoms with Crippen LogP contribution in [-0.2, 0) is 9.59 Å². The van der Waals surface area contributed by atoms with Gasteiger partial charge in [-0.25, -0.2) is 4.90 Å².